The van der Waals surface area contributed by atoms with Gasteiger partial charge in [0.15, 0.2) is 12.6 Å². The summed E-state index contributed by atoms with van der Waals surface area (Å²) in [5, 5.41) is 48.3. The molecule has 0 spiro atoms. The maximum absolute atomic E-state index is 10.2. The fourth-order valence-electron chi connectivity index (χ4n) is 2.85. The van der Waals surface area contributed by atoms with Crippen molar-refractivity contribution < 1.29 is 44.5 Å². The summed E-state index contributed by atoms with van der Waals surface area (Å²) in [5.41, 5.74) is 0. The lowest BCUT2D eigenvalue weighted by Crippen LogP contribution is -2.56. The van der Waals surface area contributed by atoms with Gasteiger partial charge >= 0.3 is 0 Å². The average Bonchev–Trinajstić information content (AvgIpc) is 2.53. The third-order valence-corrected chi connectivity index (χ3v) is 4.06. The van der Waals surface area contributed by atoms with E-state index in [2.05, 4.69) is 0 Å². The Labute approximate surface area is 134 Å². The zero-order valence-electron chi connectivity index (χ0n) is 13.0. The zero-order chi connectivity index (χ0) is 17.0. The quantitative estimate of drug-likeness (QED) is 0.362. The van der Waals surface area contributed by atoms with Gasteiger partial charge in [0.05, 0.1) is 25.4 Å². The normalized spacial score (nSPS) is 45.1. The topological polar surface area (TPSA) is 138 Å². The molecule has 0 aromatic carbocycles. The van der Waals surface area contributed by atoms with Crippen molar-refractivity contribution in [3.63, 3.8) is 0 Å². The summed E-state index contributed by atoms with van der Waals surface area (Å²) in [5.74, 6) is 0. The van der Waals surface area contributed by atoms with Crippen LogP contribution in [0.1, 0.15) is 19.8 Å². The van der Waals surface area contributed by atoms with Crippen LogP contribution in [0.4, 0.5) is 0 Å². The molecule has 9 nitrogen and oxygen atoms in total. The fraction of sp³-hybridized carbons (Fsp3) is 1.00. The Morgan fingerprint density at radius 3 is 2.13 bits per heavy atom. The third-order valence-electron chi connectivity index (χ3n) is 4.06. The van der Waals surface area contributed by atoms with Crippen LogP contribution in [-0.4, -0.2) is 94.6 Å². The van der Waals surface area contributed by atoms with E-state index in [9.17, 15) is 20.4 Å². The molecule has 2 rings (SSSR count). The van der Waals surface area contributed by atoms with Crippen molar-refractivity contribution in [1.82, 2.24) is 0 Å². The van der Waals surface area contributed by atoms with Crippen molar-refractivity contribution in [2.24, 2.45) is 0 Å². The highest BCUT2D eigenvalue weighted by atomic mass is 16.7. The minimum Gasteiger partial charge on any atom is -0.394 e. The summed E-state index contributed by atoms with van der Waals surface area (Å²) in [7, 11) is 0. The molecule has 2 fully saturated rings. The smallest absolute Gasteiger partial charge is 0.161 e. The second-order valence-electron chi connectivity index (χ2n) is 5.73. The molecule has 0 saturated carbocycles. The molecule has 2 aliphatic heterocycles. The van der Waals surface area contributed by atoms with Crippen molar-refractivity contribution in [3.8, 4) is 0 Å². The van der Waals surface area contributed by atoms with E-state index in [1.54, 1.807) is 6.92 Å². The van der Waals surface area contributed by atoms with Gasteiger partial charge in [0.1, 0.15) is 24.4 Å². The molecule has 1 unspecified atom stereocenters. The molecule has 0 aromatic rings. The van der Waals surface area contributed by atoms with Gasteiger partial charge in [-0.3, -0.25) is 0 Å². The second-order valence-corrected chi connectivity index (χ2v) is 5.73. The van der Waals surface area contributed by atoms with Gasteiger partial charge in [0.2, 0.25) is 0 Å². The third kappa shape index (κ3) is 4.59. The molecule has 2 aliphatic rings. The predicted octanol–water partition coefficient (Wildman–Crippen LogP) is -2.29. The first-order valence-corrected chi connectivity index (χ1v) is 7.84. The van der Waals surface area contributed by atoms with Gasteiger partial charge in [0, 0.05) is 19.4 Å². The predicted molar refractivity (Wildman–Crippen MR) is 75.2 cm³/mol. The van der Waals surface area contributed by atoms with Crippen LogP contribution in [0.5, 0.6) is 0 Å². The maximum Gasteiger partial charge on any atom is 0.161 e. The highest BCUT2D eigenvalue weighted by Crippen LogP contribution is 2.28. The standard InChI is InChI=1S/C14H26O9/c1-2-20-11-4-8(18)14(10(6-16)22-11)23-12-3-7(17)13(19)9(5-15)21-12/h7-19H,2-6H2,1H3/t7-,8?,9-,10-,11+,12-,13+,14+/m1/s1. The summed E-state index contributed by atoms with van der Waals surface area (Å²) < 4.78 is 21.8. The first kappa shape index (κ1) is 19.0. The van der Waals surface area contributed by atoms with E-state index in [0.29, 0.717) is 6.61 Å². The largest absolute Gasteiger partial charge is 0.394 e. The van der Waals surface area contributed by atoms with E-state index in [4.69, 9.17) is 24.1 Å². The van der Waals surface area contributed by atoms with Crippen LogP contribution in [0.2, 0.25) is 0 Å². The molecule has 9 heteroatoms. The van der Waals surface area contributed by atoms with Crippen LogP contribution >= 0.6 is 0 Å². The van der Waals surface area contributed by atoms with Crippen molar-refractivity contribution in [2.45, 2.75) is 69.0 Å². The molecule has 0 amide bonds. The van der Waals surface area contributed by atoms with Gasteiger partial charge in [-0.1, -0.05) is 0 Å². The molecular formula is C14H26O9. The molecule has 23 heavy (non-hydrogen) atoms. The number of aliphatic hydroxyl groups is 5. The van der Waals surface area contributed by atoms with Crippen LogP contribution in [0.25, 0.3) is 0 Å². The molecule has 8 atom stereocenters. The SMILES string of the molecule is CCO[C@@H]1CC(O)[C@H](O[C@@H]2C[C@@H](O)[C@H](O)[C@@H](CO)O2)[C@@H](CO)O1. The average molecular weight is 338 g/mol. The van der Waals surface area contributed by atoms with E-state index in [1.165, 1.54) is 0 Å². The maximum atomic E-state index is 10.2. The van der Waals surface area contributed by atoms with Gasteiger partial charge in [0.25, 0.3) is 0 Å². The van der Waals surface area contributed by atoms with Crippen LogP contribution in [0, 0.1) is 0 Å². The summed E-state index contributed by atoms with van der Waals surface area (Å²) in [6, 6.07) is 0. The van der Waals surface area contributed by atoms with Crippen molar-refractivity contribution in [3.05, 3.63) is 0 Å². The van der Waals surface area contributed by atoms with Gasteiger partial charge in [-0.15, -0.1) is 0 Å². The Hall–Kier alpha value is -0.360. The van der Waals surface area contributed by atoms with Crippen molar-refractivity contribution >= 4 is 0 Å². The zero-order valence-corrected chi connectivity index (χ0v) is 13.0. The highest BCUT2D eigenvalue weighted by molar-refractivity contribution is 4.87. The Bertz CT molecular complexity index is 355. The summed E-state index contributed by atoms with van der Waals surface area (Å²) in [6.07, 6.45) is -7.33. The van der Waals surface area contributed by atoms with Gasteiger partial charge in [-0.2, -0.15) is 0 Å². The van der Waals surface area contributed by atoms with E-state index >= 15 is 0 Å². The molecule has 0 aromatic heterocycles. The number of aliphatic hydroxyl groups excluding tert-OH is 5. The number of rotatable bonds is 6. The summed E-state index contributed by atoms with van der Waals surface area (Å²) >= 11 is 0. The molecule has 0 radical (unpaired) electrons. The summed E-state index contributed by atoms with van der Waals surface area (Å²) in [4.78, 5) is 0. The Morgan fingerprint density at radius 1 is 0.913 bits per heavy atom. The number of hydrogen-bond acceptors (Lipinski definition) is 9. The lowest BCUT2D eigenvalue weighted by Gasteiger charge is -2.42. The highest BCUT2D eigenvalue weighted by Gasteiger charge is 2.43. The van der Waals surface area contributed by atoms with E-state index in [0.717, 1.165) is 0 Å². The van der Waals surface area contributed by atoms with Gasteiger partial charge in [-0.05, 0) is 6.92 Å². The molecule has 2 saturated heterocycles. The van der Waals surface area contributed by atoms with E-state index in [-0.39, 0.29) is 19.4 Å². The fourth-order valence-corrected chi connectivity index (χ4v) is 2.85. The van der Waals surface area contributed by atoms with E-state index in [1.807, 2.05) is 0 Å². The molecule has 2 heterocycles. The minimum absolute atomic E-state index is 0.0199. The second kappa shape index (κ2) is 8.65. The van der Waals surface area contributed by atoms with Crippen LogP contribution in [0.3, 0.4) is 0 Å². The van der Waals surface area contributed by atoms with Gasteiger partial charge < -0.3 is 44.5 Å². The molecular weight excluding hydrogens is 312 g/mol. The molecule has 0 bridgehead atoms. The van der Waals surface area contributed by atoms with E-state index < -0.39 is 55.8 Å². The van der Waals surface area contributed by atoms with Crippen LogP contribution in [-0.2, 0) is 18.9 Å². The van der Waals surface area contributed by atoms with Crippen molar-refractivity contribution in [2.75, 3.05) is 19.8 Å². The van der Waals surface area contributed by atoms with Gasteiger partial charge in [-0.25, -0.2) is 0 Å². The Morgan fingerprint density at radius 2 is 1.52 bits per heavy atom. The number of hydrogen-bond donors (Lipinski definition) is 5. The molecule has 5 N–H and O–H groups in total. The lowest BCUT2D eigenvalue weighted by atomic mass is 10.00. The first-order valence-electron chi connectivity index (χ1n) is 7.84. The minimum atomic E-state index is -1.21. The number of ether oxygens (including phenoxy) is 4. The summed E-state index contributed by atoms with van der Waals surface area (Å²) in [6.45, 7) is 1.35. The molecule has 0 aliphatic carbocycles. The molecule has 136 valence electrons. The monoisotopic (exact) mass is 338 g/mol. The van der Waals surface area contributed by atoms with Crippen LogP contribution < -0.4 is 0 Å². The lowest BCUT2D eigenvalue weighted by molar-refractivity contribution is -0.320. The van der Waals surface area contributed by atoms with Crippen LogP contribution in [0.15, 0.2) is 0 Å². The van der Waals surface area contributed by atoms with Crippen molar-refractivity contribution in [1.29, 1.82) is 0 Å². The Kier molecular flexibility index (Phi) is 7.14. The Balaban J connectivity index is 1.97. The first-order chi connectivity index (χ1) is 11.0.